The van der Waals surface area contributed by atoms with Crippen LogP contribution in [0.5, 0.6) is 5.75 Å². The molecular weight excluding hydrogens is 422 g/mol. The molecule has 0 unspecified atom stereocenters. The minimum absolute atomic E-state index is 0.0102. The van der Waals surface area contributed by atoms with E-state index in [1.54, 1.807) is 0 Å². The predicted octanol–water partition coefficient (Wildman–Crippen LogP) is 4.82. The fourth-order valence-electron chi connectivity index (χ4n) is 4.78. The average molecular weight is 462 g/mol. The van der Waals surface area contributed by atoms with E-state index < -0.39 is 0 Å². The number of hydrogen-bond donors (Lipinski definition) is 0. The molecule has 4 rings (SSSR count). The molecule has 3 aliphatic heterocycles. The normalized spacial score (nSPS) is 21.2. The quantitative estimate of drug-likeness (QED) is 0.599. The number of nitrogens with zero attached hydrogens (tertiary/aromatic N) is 3. The second kappa shape index (κ2) is 9.72. The fourth-order valence-corrected chi connectivity index (χ4v) is 5.57. The Kier molecular flexibility index (Phi) is 7.15. The molecule has 1 aromatic carbocycles. The Hall–Kier alpha value is -1.60. The number of amides is 1. The van der Waals surface area contributed by atoms with Gasteiger partial charge in [0.25, 0.3) is 0 Å². The van der Waals surface area contributed by atoms with E-state index in [9.17, 15) is 4.79 Å². The summed E-state index contributed by atoms with van der Waals surface area (Å²) >= 11 is 1.94. The molecule has 1 spiro atoms. The molecule has 0 N–H and O–H groups in total. The molecule has 0 atom stereocenters. The highest BCUT2D eigenvalue weighted by Crippen LogP contribution is 2.41. The minimum Gasteiger partial charge on any atom is -0.487 e. The van der Waals surface area contributed by atoms with Crippen LogP contribution in [0.1, 0.15) is 52.5 Å². The second-order valence-electron chi connectivity index (χ2n) is 10.5. The van der Waals surface area contributed by atoms with Gasteiger partial charge in [-0.1, -0.05) is 39.6 Å². The SMILES string of the molecule is CCSN1CCN(c2ccc3c(c2)CCC2(CCN(C(=O)OCC(C)(C)C)CC2)O3)CC1. The summed E-state index contributed by atoms with van der Waals surface area (Å²) < 4.78 is 14.6. The van der Waals surface area contributed by atoms with Crippen molar-refractivity contribution in [2.45, 2.75) is 59.0 Å². The van der Waals surface area contributed by atoms with Crippen LogP contribution in [0.4, 0.5) is 10.5 Å². The first-order valence-corrected chi connectivity index (χ1v) is 13.1. The molecule has 3 aliphatic rings. The zero-order valence-corrected chi connectivity index (χ0v) is 21.0. The molecular formula is C25H39N3O3S. The zero-order valence-electron chi connectivity index (χ0n) is 20.2. The van der Waals surface area contributed by atoms with Gasteiger partial charge in [0.15, 0.2) is 0 Å². The molecule has 1 aromatic rings. The number of ether oxygens (including phenoxy) is 2. The Morgan fingerprint density at radius 3 is 2.47 bits per heavy atom. The third kappa shape index (κ3) is 5.66. The van der Waals surface area contributed by atoms with Crippen LogP contribution in [-0.4, -0.2) is 72.5 Å². The van der Waals surface area contributed by atoms with Gasteiger partial charge in [0, 0.05) is 63.6 Å². The van der Waals surface area contributed by atoms with E-state index in [4.69, 9.17) is 9.47 Å². The largest absolute Gasteiger partial charge is 0.487 e. The number of likely N-dealkylation sites (tertiary alicyclic amines) is 1. The van der Waals surface area contributed by atoms with Crippen LogP contribution in [-0.2, 0) is 11.2 Å². The van der Waals surface area contributed by atoms with Crippen molar-refractivity contribution in [1.82, 2.24) is 9.21 Å². The van der Waals surface area contributed by atoms with Gasteiger partial charge in [0.05, 0.1) is 6.61 Å². The number of piperidine rings is 1. The van der Waals surface area contributed by atoms with Gasteiger partial charge in [-0.25, -0.2) is 9.10 Å². The Morgan fingerprint density at radius 2 is 1.81 bits per heavy atom. The summed E-state index contributed by atoms with van der Waals surface area (Å²) in [6, 6.07) is 6.73. The van der Waals surface area contributed by atoms with Crippen molar-refractivity contribution in [3.8, 4) is 5.75 Å². The third-order valence-corrected chi connectivity index (χ3v) is 7.69. The zero-order chi connectivity index (χ0) is 22.8. The van der Waals surface area contributed by atoms with Crippen LogP contribution in [0.25, 0.3) is 0 Å². The number of anilines is 1. The van der Waals surface area contributed by atoms with E-state index >= 15 is 0 Å². The lowest BCUT2D eigenvalue weighted by molar-refractivity contribution is -0.0171. The maximum absolute atomic E-state index is 12.4. The van der Waals surface area contributed by atoms with E-state index in [2.05, 4.69) is 55.1 Å². The van der Waals surface area contributed by atoms with Crippen LogP contribution in [0.3, 0.4) is 0 Å². The Bertz CT molecular complexity index is 794. The van der Waals surface area contributed by atoms with Gasteiger partial charge in [0.2, 0.25) is 0 Å². The molecule has 3 heterocycles. The molecule has 6 nitrogen and oxygen atoms in total. The molecule has 2 fully saturated rings. The Labute approximate surface area is 197 Å². The summed E-state index contributed by atoms with van der Waals surface area (Å²) in [4.78, 5) is 16.8. The number of piperazine rings is 1. The number of aryl methyl sites for hydroxylation is 1. The van der Waals surface area contributed by atoms with Crippen molar-refractivity contribution in [2.75, 3.05) is 56.5 Å². The molecule has 0 bridgehead atoms. The number of benzene rings is 1. The molecule has 1 amide bonds. The summed E-state index contributed by atoms with van der Waals surface area (Å²) in [5, 5.41) is 0. The summed E-state index contributed by atoms with van der Waals surface area (Å²) in [7, 11) is 0. The second-order valence-corrected chi connectivity index (χ2v) is 11.9. The van der Waals surface area contributed by atoms with Crippen molar-refractivity contribution in [3.63, 3.8) is 0 Å². The standard InChI is InChI=1S/C25H39N3O3S/c1-5-32-28-16-14-26(15-17-28)21-6-7-22-20(18-21)8-9-25(31-22)10-12-27(13-11-25)23(29)30-19-24(2,3)4/h6-7,18H,5,8-17,19H2,1-4H3. The van der Waals surface area contributed by atoms with Crippen molar-refractivity contribution in [2.24, 2.45) is 5.41 Å². The highest BCUT2D eigenvalue weighted by Gasteiger charge is 2.41. The third-order valence-electron chi connectivity index (χ3n) is 6.70. The van der Waals surface area contributed by atoms with Crippen LogP contribution in [0.2, 0.25) is 0 Å². The van der Waals surface area contributed by atoms with Gasteiger partial charge in [-0.2, -0.15) is 0 Å². The monoisotopic (exact) mass is 461 g/mol. The number of carbonyl (C=O) groups excluding carboxylic acids is 1. The molecule has 178 valence electrons. The van der Waals surface area contributed by atoms with Crippen molar-refractivity contribution < 1.29 is 14.3 Å². The topological polar surface area (TPSA) is 45.2 Å². The molecule has 2 saturated heterocycles. The van der Waals surface area contributed by atoms with E-state index in [0.717, 1.165) is 63.4 Å². The van der Waals surface area contributed by atoms with Gasteiger partial charge in [-0.05, 0) is 42.0 Å². The maximum Gasteiger partial charge on any atom is 0.409 e. The first-order valence-electron chi connectivity index (χ1n) is 12.1. The Balaban J connectivity index is 1.31. The smallest absolute Gasteiger partial charge is 0.409 e. The molecule has 32 heavy (non-hydrogen) atoms. The molecule has 0 saturated carbocycles. The van der Waals surface area contributed by atoms with Crippen molar-refractivity contribution >= 4 is 23.7 Å². The van der Waals surface area contributed by atoms with Crippen LogP contribution in [0.15, 0.2) is 18.2 Å². The summed E-state index contributed by atoms with van der Waals surface area (Å²) in [5.41, 5.74) is 2.49. The molecule has 0 aromatic heterocycles. The fraction of sp³-hybridized carbons (Fsp3) is 0.720. The maximum atomic E-state index is 12.4. The molecule has 7 heteroatoms. The van der Waals surface area contributed by atoms with Gasteiger partial charge < -0.3 is 19.3 Å². The van der Waals surface area contributed by atoms with Crippen molar-refractivity contribution in [3.05, 3.63) is 23.8 Å². The van der Waals surface area contributed by atoms with Crippen LogP contribution < -0.4 is 9.64 Å². The first-order chi connectivity index (χ1) is 15.3. The van der Waals surface area contributed by atoms with Crippen molar-refractivity contribution in [1.29, 1.82) is 0 Å². The summed E-state index contributed by atoms with van der Waals surface area (Å²) in [6.45, 7) is 14.7. The number of carbonyl (C=O) groups is 1. The lowest BCUT2D eigenvalue weighted by atomic mass is 9.83. The highest BCUT2D eigenvalue weighted by atomic mass is 32.2. The lowest BCUT2D eigenvalue weighted by Gasteiger charge is -2.44. The van der Waals surface area contributed by atoms with Gasteiger partial charge >= 0.3 is 6.09 Å². The number of rotatable bonds is 4. The van der Waals surface area contributed by atoms with E-state index in [1.807, 2.05) is 16.8 Å². The van der Waals surface area contributed by atoms with Gasteiger partial charge in [-0.3, -0.25) is 0 Å². The van der Waals surface area contributed by atoms with E-state index in [1.165, 1.54) is 11.3 Å². The Morgan fingerprint density at radius 1 is 1.09 bits per heavy atom. The van der Waals surface area contributed by atoms with Gasteiger partial charge in [-0.15, -0.1) is 0 Å². The average Bonchev–Trinajstić information content (AvgIpc) is 2.78. The molecule has 0 radical (unpaired) electrons. The lowest BCUT2D eigenvalue weighted by Crippen LogP contribution is -2.51. The summed E-state index contributed by atoms with van der Waals surface area (Å²) in [6.07, 6.45) is 3.62. The van der Waals surface area contributed by atoms with Crippen LogP contribution >= 0.6 is 11.9 Å². The predicted molar refractivity (Wildman–Crippen MR) is 132 cm³/mol. The van der Waals surface area contributed by atoms with E-state index in [0.29, 0.717) is 19.7 Å². The number of hydrogen-bond acceptors (Lipinski definition) is 6. The number of fused-ring (bicyclic) bond motifs is 1. The van der Waals surface area contributed by atoms with E-state index in [-0.39, 0.29) is 17.1 Å². The first kappa shape index (κ1) is 23.6. The highest BCUT2D eigenvalue weighted by molar-refractivity contribution is 7.96. The summed E-state index contributed by atoms with van der Waals surface area (Å²) in [5.74, 6) is 2.18. The van der Waals surface area contributed by atoms with Crippen LogP contribution in [0, 0.1) is 5.41 Å². The molecule has 0 aliphatic carbocycles. The minimum atomic E-state index is -0.187. The van der Waals surface area contributed by atoms with Gasteiger partial charge in [0.1, 0.15) is 11.4 Å².